The molecule has 0 aliphatic carbocycles. The minimum absolute atomic E-state index is 0.0116. The highest BCUT2D eigenvalue weighted by Gasteiger charge is 2.20. The Labute approximate surface area is 172 Å². The number of nitrogens with zero attached hydrogens (tertiary/aromatic N) is 3. The maximum absolute atomic E-state index is 12.7. The summed E-state index contributed by atoms with van der Waals surface area (Å²) in [5.74, 6) is 0.636. The van der Waals surface area contributed by atoms with E-state index < -0.39 is 0 Å². The number of pyridine rings is 1. The third-order valence-corrected chi connectivity index (χ3v) is 5.47. The van der Waals surface area contributed by atoms with Gasteiger partial charge in [0.05, 0.1) is 11.3 Å². The van der Waals surface area contributed by atoms with Crippen LogP contribution in [0.2, 0.25) is 0 Å². The number of hydrogen-bond donors (Lipinski definition) is 0. The Bertz CT molecular complexity index is 892. The molecule has 0 fully saturated rings. The van der Waals surface area contributed by atoms with Crippen molar-refractivity contribution in [2.75, 3.05) is 26.2 Å². The molecule has 150 valence electrons. The van der Waals surface area contributed by atoms with Crippen LogP contribution in [0, 0.1) is 0 Å². The Kier molecular flexibility index (Phi) is 6.37. The van der Waals surface area contributed by atoms with Crippen LogP contribution in [-0.4, -0.2) is 46.9 Å². The van der Waals surface area contributed by atoms with Crippen LogP contribution >= 0.6 is 0 Å². The van der Waals surface area contributed by atoms with Gasteiger partial charge < -0.3 is 9.64 Å². The molecule has 2 aliphatic rings. The first kappa shape index (κ1) is 19.4. The summed E-state index contributed by atoms with van der Waals surface area (Å²) in [6, 6.07) is 13.5. The smallest absolute Gasteiger partial charge is 0.261 e. The molecule has 29 heavy (non-hydrogen) atoms. The summed E-state index contributed by atoms with van der Waals surface area (Å²) < 4.78 is 5.54. The minimum atomic E-state index is 0.0116. The van der Waals surface area contributed by atoms with E-state index in [4.69, 9.17) is 4.74 Å². The molecule has 0 N–H and O–H groups in total. The zero-order chi connectivity index (χ0) is 19.9. The average molecular weight is 389 g/mol. The van der Waals surface area contributed by atoms with Gasteiger partial charge in [-0.3, -0.25) is 14.7 Å². The number of para-hydroxylation sites is 1. The number of aromatic nitrogens is 1. The fraction of sp³-hybridized carbons (Fsp3) is 0.333. The van der Waals surface area contributed by atoms with E-state index in [-0.39, 0.29) is 5.91 Å². The van der Waals surface area contributed by atoms with E-state index in [9.17, 15) is 4.79 Å². The molecule has 2 aliphatic heterocycles. The molecular formula is C24H27N3O2. The van der Waals surface area contributed by atoms with Gasteiger partial charge in [0.2, 0.25) is 0 Å². The highest BCUT2D eigenvalue weighted by Crippen LogP contribution is 2.23. The predicted octanol–water partition coefficient (Wildman–Crippen LogP) is 4.35. The standard InChI is InChI=1S/C24H27N3O2/c28-24-21-8-2-3-10-23(21)29-19-18-27(24)15-7-1-6-14-26-16-11-20(12-17-26)22-9-4-5-13-25-22/h2-5,8-11,13,18-19H,1,6-7,12,14-17H2. The van der Waals surface area contributed by atoms with Crippen molar-refractivity contribution in [3.63, 3.8) is 0 Å². The molecular weight excluding hydrogens is 362 g/mol. The van der Waals surface area contributed by atoms with Crippen molar-refractivity contribution >= 4 is 11.5 Å². The highest BCUT2D eigenvalue weighted by molar-refractivity contribution is 5.97. The summed E-state index contributed by atoms with van der Waals surface area (Å²) >= 11 is 0. The predicted molar refractivity (Wildman–Crippen MR) is 114 cm³/mol. The molecule has 1 amide bonds. The van der Waals surface area contributed by atoms with Crippen LogP contribution in [-0.2, 0) is 0 Å². The molecule has 1 aromatic heterocycles. The summed E-state index contributed by atoms with van der Waals surface area (Å²) in [5.41, 5.74) is 3.09. The van der Waals surface area contributed by atoms with E-state index in [1.165, 1.54) is 5.57 Å². The maximum atomic E-state index is 12.7. The van der Waals surface area contributed by atoms with E-state index in [0.717, 1.165) is 57.6 Å². The van der Waals surface area contributed by atoms with Gasteiger partial charge in [-0.1, -0.05) is 30.7 Å². The number of carbonyl (C=O) groups is 1. The Morgan fingerprint density at radius 2 is 1.86 bits per heavy atom. The van der Waals surface area contributed by atoms with Gasteiger partial charge in [-0.15, -0.1) is 0 Å². The molecule has 0 unspecified atom stereocenters. The molecule has 0 radical (unpaired) electrons. The lowest BCUT2D eigenvalue weighted by atomic mass is 10.0. The zero-order valence-electron chi connectivity index (χ0n) is 16.7. The molecule has 0 bridgehead atoms. The van der Waals surface area contributed by atoms with Crippen LogP contribution < -0.4 is 4.74 Å². The van der Waals surface area contributed by atoms with Gasteiger partial charge in [-0.25, -0.2) is 0 Å². The molecule has 0 atom stereocenters. The van der Waals surface area contributed by atoms with Gasteiger partial charge in [0.15, 0.2) is 0 Å². The van der Waals surface area contributed by atoms with Crippen molar-refractivity contribution in [2.45, 2.75) is 25.7 Å². The van der Waals surface area contributed by atoms with Gasteiger partial charge in [0, 0.05) is 32.0 Å². The van der Waals surface area contributed by atoms with E-state index in [1.54, 1.807) is 17.4 Å². The zero-order valence-corrected chi connectivity index (χ0v) is 16.7. The fourth-order valence-corrected chi connectivity index (χ4v) is 3.82. The van der Waals surface area contributed by atoms with Gasteiger partial charge >= 0.3 is 0 Å². The average Bonchev–Trinajstić information content (AvgIpc) is 2.94. The number of rotatable bonds is 7. The Morgan fingerprint density at radius 3 is 2.69 bits per heavy atom. The molecule has 4 rings (SSSR count). The largest absolute Gasteiger partial charge is 0.463 e. The van der Waals surface area contributed by atoms with Crippen molar-refractivity contribution in [2.24, 2.45) is 0 Å². The normalized spacial score (nSPS) is 16.8. The Morgan fingerprint density at radius 1 is 1.00 bits per heavy atom. The number of fused-ring (bicyclic) bond motifs is 1. The summed E-state index contributed by atoms with van der Waals surface area (Å²) in [6.45, 7) is 3.90. The van der Waals surface area contributed by atoms with Crippen LogP contribution in [0.1, 0.15) is 41.7 Å². The second-order valence-corrected chi connectivity index (χ2v) is 7.45. The van der Waals surface area contributed by atoms with Crippen molar-refractivity contribution in [1.82, 2.24) is 14.8 Å². The van der Waals surface area contributed by atoms with E-state index in [0.29, 0.717) is 11.3 Å². The molecule has 2 aromatic rings. The van der Waals surface area contributed by atoms with Crippen LogP contribution in [0.4, 0.5) is 0 Å². The first-order valence-corrected chi connectivity index (χ1v) is 10.4. The molecule has 3 heterocycles. The van der Waals surface area contributed by atoms with Gasteiger partial charge in [-0.2, -0.15) is 0 Å². The highest BCUT2D eigenvalue weighted by atomic mass is 16.5. The number of hydrogen-bond acceptors (Lipinski definition) is 4. The molecule has 5 heteroatoms. The first-order valence-electron chi connectivity index (χ1n) is 10.4. The van der Waals surface area contributed by atoms with Crippen LogP contribution in [0.15, 0.2) is 67.2 Å². The number of benzene rings is 1. The second-order valence-electron chi connectivity index (χ2n) is 7.45. The van der Waals surface area contributed by atoms with E-state index in [2.05, 4.69) is 22.0 Å². The van der Waals surface area contributed by atoms with Gasteiger partial charge in [0.25, 0.3) is 5.91 Å². The molecule has 1 aromatic carbocycles. The lowest BCUT2D eigenvalue weighted by Crippen LogP contribution is -2.30. The third kappa shape index (κ3) is 4.93. The SMILES string of the molecule is O=C1c2ccccc2OC=CN1CCCCCN1CC=C(c2ccccn2)CC1. The van der Waals surface area contributed by atoms with Crippen molar-refractivity contribution in [3.8, 4) is 5.75 Å². The summed E-state index contributed by atoms with van der Waals surface area (Å²) in [6.07, 6.45) is 11.8. The Balaban J connectivity index is 1.18. The van der Waals surface area contributed by atoms with Crippen LogP contribution in [0.25, 0.3) is 5.57 Å². The maximum Gasteiger partial charge on any atom is 0.261 e. The lowest BCUT2D eigenvalue weighted by molar-refractivity contribution is 0.0821. The van der Waals surface area contributed by atoms with Gasteiger partial charge in [0.1, 0.15) is 12.0 Å². The molecule has 0 saturated carbocycles. The molecule has 0 spiro atoms. The van der Waals surface area contributed by atoms with Crippen molar-refractivity contribution in [1.29, 1.82) is 0 Å². The molecule has 0 saturated heterocycles. The van der Waals surface area contributed by atoms with E-state index in [1.807, 2.05) is 42.6 Å². The quantitative estimate of drug-likeness (QED) is 0.661. The van der Waals surface area contributed by atoms with E-state index >= 15 is 0 Å². The third-order valence-electron chi connectivity index (χ3n) is 5.47. The fourth-order valence-electron chi connectivity index (χ4n) is 3.82. The monoisotopic (exact) mass is 389 g/mol. The van der Waals surface area contributed by atoms with Crippen LogP contribution in [0.3, 0.4) is 0 Å². The van der Waals surface area contributed by atoms with Gasteiger partial charge in [-0.05, 0) is 55.6 Å². The number of amides is 1. The van der Waals surface area contributed by atoms with Crippen molar-refractivity contribution < 1.29 is 9.53 Å². The topological polar surface area (TPSA) is 45.7 Å². The lowest BCUT2D eigenvalue weighted by Gasteiger charge is -2.26. The molecule has 5 nitrogen and oxygen atoms in total. The minimum Gasteiger partial charge on any atom is -0.463 e. The van der Waals surface area contributed by atoms with Crippen molar-refractivity contribution in [3.05, 3.63) is 78.5 Å². The number of unbranched alkanes of at least 4 members (excludes halogenated alkanes) is 2. The summed E-state index contributed by atoms with van der Waals surface area (Å²) in [4.78, 5) is 21.4. The first-order chi connectivity index (χ1) is 14.3. The second kappa shape index (κ2) is 9.52. The van der Waals surface area contributed by atoms with Crippen LogP contribution in [0.5, 0.6) is 5.75 Å². The number of carbonyl (C=O) groups excluding carboxylic acids is 1. The summed E-state index contributed by atoms with van der Waals surface area (Å²) in [7, 11) is 0. The Hall–Kier alpha value is -2.92. The number of ether oxygens (including phenoxy) is 1. The summed E-state index contributed by atoms with van der Waals surface area (Å²) in [5, 5.41) is 0.